The van der Waals surface area contributed by atoms with E-state index in [2.05, 4.69) is 4.74 Å². The molecule has 4 N–H and O–H groups in total. The van der Waals surface area contributed by atoms with E-state index in [4.69, 9.17) is 27.8 Å². The number of nitrogen functional groups attached to an aromatic ring is 1. The van der Waals surface area contributed by atoms with E-state index in [-0.39, 0.29) is 42.3 Å². The summed E-state index contributed by atoms with van der Waals surface area (Å²) >= 11 is 6.23. The number of halogens is 3. The maximum absolute atomic E-state index is 13.1. The van der Waals surface area contributed by atoms with Crippen LogP contribution < -0.4 is 20.9 Å². The van der Waals surface area contributed by atoms with Crippen molar-refractivity contribution >= 4 is 29.1 Å². The molecule has 0 aliphatic carbocycles. The highest BCUT2D eigenvalue weighted by molar-refractivity contribution is 6.32. The maximum atomic E-state index is 13.1. The van der Waals surface area contributed by atoms with Gasteiger partial charge >= 0.3 is 6.61 Å². The van der Waals surface area contributed by atoms with Crippen LogP contribution in [0.1, 0.15) is 40.9 Å². The monoisotopic (exact) mass is 439 g/mol. The van der Waals surface area contributed by atoms with Crippen LogP contribution in [0.4, 0.5) is 14.5 Å². The van der Waals surface area contributed by atoms with E-state index in [0.29, 0.717) is 16.1 Å². The summed E-state index contributed by atoms with van der Waals surface area (Å²) in [5.41, 5.74) is 12.9. The number of alkyl halides is 2. The van der Waals surface area contributed by atoms with Gasteiger partial charge < -0.3 is 25.8 Å². The first-order valence-corrected chi connectivity index (χ1v) is 9.48. The molecule has 7 nitrogen and oxygen atoms in total. The fraction of sp³-hybridized carbons (Fsp3) is 0.300. The molecule has 160 valence electrons. The zero-order valence-corrected chi connectivity index (χ0v) is 16.8. The minimum Gasteiger partial charge on any atom is -0.490 e. The molecule has 2 aromatic rings. The van der Waals surface area contributed by atoms with Gasteiger partial charge in [0.1, 0.15) is 0 Å². The second-order valence-corrected chi connectivity index (χ2v) is 7.03. The first kappa shape index (κ1) is 21.6. The van der Waals surface area contributed by atoms with Gasteiger partial charge in [-0.2, -0.15) is 8.78 Å². The molecule has 0 fully saturated rings. The van der Waals surface area contributed by atoms with E-state index in [1.54, 1.807) is 13.0 Å². The standard InChI is InChI=1S/C20H20ClF2N3O4/c1-2-29-16-7-10(3-6-15(16)30-20(22)23)14(8-17(25)27)26-9-11-12(21)4-5-13(24)18(11)19(26)28/h3-7,14,20H,2,8-9,24H2,1H3,(H2,25,27). The van der Waals surface area contributed by atoms with Crippen LogP contribution in [0.15, 0.2) is 30.3 Å². The molecule has 2 aromatic carbocycles. The third kappa shape index (κ3) is 4.25. The minimum absolute atomic E-state index is 0.0616. The first-order chi connectivity index (χ1) is 14.2. The number of fused-ring (bicyclic) bond motifs is 1. The Morgan fingerprint density at radius 1 is 1.27 bits per heavy atom. The number of ether oxygens (including phenoxy) is 2. The fourth-order valence-corrected chi connectivity index (χ4v) is 3.69. The Kier molecular flexibility index (Phi) is 6.31. The molecule has 0 saturated carbocycles. The average Bonchev–Trinajstić information content (AvgIpc) is 3.02. The molecular weight excluding hydrogens is 420 g/mol. The van der Waals surface area contributed by atoms with Crippen molar-refractivity contribution in [1.82, 2.24) is 4.90 Å². The third-order valence-electron chi connectivity index (χ3n) is 4.73. The quantitative estimate of drug-likeness (QED) is 0.612. The van der Waals surface area contributed by atoms with Crippen molar-refractivity contribution in [1.29, 1.82) is 0 Å². The van der Waals surface area contributed by atoms with Crippen LogP contribution in [-0.2, 0) is 11.3 Å². The van der Waals surface area contributed by atoms with Crippen molar-refractivity contribution in [2.24, 2.45) is 5.73 Å². The molecule has 0 bridgehead atoms. The van der Waals surface area contributed by atoms with E-state index >= 15 is 0 Å². The lowest BCUT2D eigenvalue weighted by Crippen LogP contribution is -2.32. The van der Waals surface area contributed by atoms with Gasteiger partial charge in [-0.3, -0.25) is 9.59 Å². The van der Waals surface area contributed by atoms with Crippen molar-refractivity contribution in [2.75, 3.05) is 12.3 Å². The van der Waals surface area contributed by atoms with Gasteiger partial charge in [0, 0.05) is 22.8 Å². The van der Waals surface area contributed by atoms with E-state index in [9.17, 15) is 18.4 Å². The van der Waals surface area contributed by atoms with Crippen molar-refractivity contribution in [3.8, 4) is 11.5 Å². The predicted octanol–water partition coefficient (Wildman–Crippen LogP) is 3.49. The van der Waals surface area contributed by atoms with Crippen LogP contribution in [0, 0.1) is 0 Å². The molecule has 30 heavy (non-hydrogen) atoms. The molecule has 1 heterocycles. The number of primary amides is 1. The molecule has 0 saturated heterocycles. The number of nitrogens with two attached hydrogens (primary N) is 2. The number of carbonyl (C=O) groups excluding carboxylic acids is 2. The highest BCUT2D eigenvalue weighted by Gasteiger charge is 2.37. The van der Waals surface area contributed by atoms with Gasteiger partial charge in [-0.25, -0.2) is 0 Å². The van der Waals surface area contributed by atoms with Gasteiger partial charge in [0.2, 0.25) is 5.91 Å². The number of amides is 2. The average molecular weight is 440 g/mol. The Bertz CT molecular complexity index is 987. The van der Waals surface area contributed by atoms with Gasteiger partial charge in [-0.15, -0.1) is 0 Å². The van der Waals surface area contributed by atoms with Crippen LogP contribution in [0.2, 0.25) is 5.02 Å². The lowest BCUT2D eigenvalue weighted by atomic mass is 10.0. The highest BCUT2D eigenvalue weighted by atomic mass is 35.5. The smallest absolute Gasteiger partial charge is 0.387 e. The van der Waals surface area contributed by atoms with E-state index in [1.807, 2.05) is 0 Å². The highest BCUT2D eigenvalue weighted by Crippen LogP contribution is 2.40. The number of carbonyl (C=O) groups is 2. The Labute approximate surface area is 176 Å². The van der Waals surface area contributed by atoms with Crippen LogP contribution in [0.25, 0.3) is 0 Å². The van der Waals surface area contributed by atoms with Crippen LogP contribution >= 0.6 is 11.6 Å². The predicted molar refractivity (Wildman–Crippen MR) is 107 cm³/mol. The lowest BCUT2D eigenvalue weighted by molar-refractivity contribution is -0.119. The summed E-state index contributed by atoms with van der Waals surface area (Å²) in [5.74, 6) is -1.14. The largest absolute Gasteiger partial charge is 0.490 e. The minimum atomic E-state index is -3.03. The number of hydrogen-bond donors (Lipinski definition) is 2. The van der Waals surface area contributed by atoms with E-state index in [0.717, 1.165) is 0 Å². The fourth-order valence-electron chi connectivity index (χ4n) is 3.48. The van der Waals surface area contributed by atoms with E-state index < -0.39 is 24.5 Å². The van der Waals surface area contributed by atoms with Crippen LogP contribution in [-0.4, -0.2) is 29.9 Å². The Morgan fingerprint density at radius 2 is 2.00 bits per heavy atom. The summed E-state index contributed by atoms with van der Waals surface area (Å²) in [6.07, 6.45) is -0.197. The third-order valence-corrected chi connectivity index (χ3v) is 5.08. The van der Waals surface area contributed by atoms with E-state index in [1.165, 1.54) is 29.2 Å². The number of rotatable bonds is 8. The molecule has 1 unspecified atom stereocenters. The first-order valence-electron chi connectivity index (χ1n) is 9.10. The Hall–Kier alpha value is -3.07. The number of benzene rings is 2. The molecule has 2 amide bonds. The molecule has 10 heteroatoms. The maximum Gasteiger partial charge on any atom is 0.387 e. The number of hydrogen-bond acceptors (Lipinski definition) is 5. The molecular formula is C20H20ClF2N3O4. The Morgan fingerprint density at radius 3 is 2.60 bits per heavy atom. The number of anilines is 1. The summed E-state index contributed by atoms with van der Waals surface area (Å²) in [6.45, 7) is -1.03. The molecule has 1 aliphatic rings. The van der Waals surface area contributed by atoms with Crippen molar-refractivity contribution in [3.63, 3.8) is 0 Å². The molecule has 1 atom stereocenters. The van der Waals surface area contributed by atoms with Crippen LogP contribution in [0.3, 0.4) is 0 Å². The molecule has 1 aliphatic heterocycles. The molecule has 0 aromatic heterocycles. The summed E-state index contributed by atoms with van der Waals surface area (Å²) < 4.78 is 35.2. The zero-order valence-electron chi connectivity index (χ0n) is 16.0. The SMILES string of the molecule is CCOc1cc(C(CC(N)=O)N2Cc3c(Cl)ccc(N)c3C2=O)ccc1OC(F)F. The number of nitrogens with zero attached hydrogens (tertiary/aromatic N) is 1. The van der Waals surface area contributed by atoms with Crippen molar-refractivity contribution < 1.29 is 27.8 Å². The second-order valence-electron chi connectivity index (χ2n) is 6.63. The van der Waals surface area contributed by atoms with Gasteiger partial charge in [0.15, 0.2) is 11.5 Å². The lowest BCUT2D eigenvalue weighted by Gasteiger charge is -2.28. The van der Waals surface area contributed by atoms with Gasteiger partial charge in [0.25, 0.3) is 5.91 Å². The van der Waals surface area contributed by atoms with Crippen molar-refractivity contribution in [3.05, 3.63) is 52.0 Å². The summed E-state index contributed by atoms with van der Waals surface area (Å²) in [7, 11) is 0. The second kappa shape index (κ2) is 8.74. The summed E-state index contributed by atoms with van der Waals surface area (Å²) in [5, 5.41) is 0.378. The van der Waals surface area contributed by atoms with Crippen molar-refractivity contribution in [2.45, 2.75) is 32.5 Å². The molecule has 0 radical (unpaired) electrons. The van der Waals surface area contributed by atoms with Crippen LogP contribution in [0.5, 0.6) is 11.5 Å². The molecule has 0 spiro atoms. The summed E-state index contributed by atoms with van der Waals surface area (Å²) in [6, 6.07) is 6.59. The zero-order chi connectivity index (χ0) is 22.0. The summed E-state index contributed by atoms with van der Waals surface area (Å²) in [4.78, 5) is 26.3. The van der Waals surface area contributed by atoms with Gasteiger partial charge in [-0.05, 0) is 36.8 Å². The topological polar surface area (TPSA) is 108 Å². The normalized spacial score (nSPS) is 14.0. The molecule has 3 rings (SSSR count). The Balaban J connectivity index is 2.03. The van der Waals surface area contributed by atoms with Gasteiger partial charge in [0.05, 0.1) is 24.6 Å². The van der Waals surface area contributed by atoms with Gasteiger partial charge in [-0.1, -0.05) is 17.7 Å².